The normalized spacial score (nSPS) is 10.8. The molecule has 4 nitrogen and oxygen atoms in total. The molecule has 0 radical (unpaired) electrons. The molecule has 0 bridgehead atoms. The van der Waals surface area contributed by atoms with Crippen molar-refractivity contribution in [2.75, 3.05) is 6.54 Å². The monoisotopic (exact) mass is 370 g/mol. The van der Waals surface area contributed by atoms with Crippen LogP contribution in [0, 0.1) is 11.6 Å². The SMILES string of the molecule is CCCCCNC(=O)c1nc(-c2c(F)cccc2F)oc1-c1ccccc1. The summed E-state index contributed by atoms with van der Waals surface area (Å²) < 4.78 is 33.9. The number of halogens is 2. The summed E-state index contributed by atoms with van der Waals surface area (Å²) in [5.74, 6) is -2.11. The predicted molar refractivity (Wildman–Crippen MR) is 99.1 cm³/mol. The molecule has 0 saturated heterocycles. The molecule has 0 unspecified atom stereocenters. The van der Waals surface area contributed by atoms with Gasteiger partial charge in [0.05, 0.1) is 0 Å². The van der Waals surface area contributed by atoms with Gasteiger partial charge in [-0.05, 0) is 18.6 Å². The van der Waals surface area contributed by atoms with E-state index in [1.807, 2.05) is 6.07 Å². The zero-order valence-electron chi connectivity index (χ0n) is 15.0. The topological polar surface area (TPSA) is 55.1 Å². The van der Waals surface area contributed by atoms with E-state index in [1.54, 1.807) is 24.3 Å². The van der Waals surface area contributed by atoms with Gasteiger partial charge in [-0.3, -0.25) is 4.79 Å². The fourth-order valence-corrected chi connectivity index (χ4v) is 2.73. The van der Waals surface area contributed by atoms with Crippen LogP contribution in [0.1, 0.15) is 36.7 Å². The molecule has 27 heavy (non-hydrogen) atoms. The van der Waals surface area contributed by atoms with Crippen LogP contribution < -0.4 is 5.32 Å². The zero-order chi connectivity index (χ0) is 19.2. The summed E-state index contributed by atoms with van der Waals surface area (Å²) in [7, 11) is 0. The summed E-state index contributed by atoms with van der Waals surface area (Å²) in [6.45, 7) is 2.57. The standard InChI is InChI=1S/C21H20F2N2O2/c1-2-3-7-13-24-20(26)18-19(14-9-5-4-6-10-14)27-21(25-18)17-15(22)11-8-12-16(17)23/h4-6,8-12H,2-3,7,13H2,1H3,(H,24,26). The lowest BCUT2D eigenvalue weighted by Gasteiger charge is -2.03. The highest BCUT2D eigenvalue weighted by Crippen LogP contribution is 2.32. The summed E-state index contributed by atoms with van der Waals surface area (Å²) in [4.78, 5) is 16.7. The quantitative estimate of drug-likeness (QED) is 0.581. The van der Waals surface area contributed by atoms with E-state index in [-0.39, 0.29) is 22.9 Å². The summed E-state index contributed by atoms with van der Waals surface area (Å²) in [6, 6.07) is 12.4. The van der Waals surface area contributed by atoms with E-state index in [0.717, 1.165) is 31.4 Å². The number of amides is 1. The summed E-state index contributed by atoms with van der Waals surface area (Å²) in [5, 5.41) is 2.79. The van der Waals surface area contributed by atoms with Gasteiger partial charge in [0, 0.05) is 12.1 Å². The van der Waals surface area contributed by atoms with E-state index in [2.05, 4.69) is 17.2 Å². The molecule has 0 aliphatic rings. The maximum atomic E-state index is 14.1. The highest BCUT2D eigenvalue weighted by Gasteiger charge is 2.25. The Morgan fingerprint density at radius 3 is 2.41 bits per heavy atom. The van der Waals surface area contributed by atoms with Crippen LogP contribution in [0.2, 0.25) is 0 Å². The minimum atomic E-state index is -0.800. The number of hydrogen-bond donors (Lipinski definition) is 1. The van der Waals surface area contributed by atoms with Crippen molar-refractivity contribution in [3.05, 3.63) is 65.9 Å². The first-order valence-electron chi connectivity index (χ1n) is 8.90. The lowest BCUT2D eigenvalue weighted by Crippen LogP contribution is -2.25. The second-order valence-corrected chi connectivity index (χ2v) is 6.12. The van der Waals surface area contributed by atoms with Gasteiger partial charge in [-0.2, -0.15) is 0 Å². The van der Waals surface area contributed by atoms with Gasteiger partial charge in [0.25, 0.3) is 5.91 Å². The molecule has 1 amide bonds. The fraction of sp³-hybridized carbons (Fsp3) is 0.238. The molecule has 0 aliphatic carbocycles. The Morgan fingerprint density at radius 1 is 1.04 bits per heavy atom. The minimum Gasteiger partial charge on any atom is -0.435 e. The van der Waals surface area contributed by atoms with Gasteiger partial charge in [0.2, 0.25) is 5.89 Å². The van der Waals surface area contributed by atoms with E-state index in [4.69, 9.17) is 4.42 Å². The van der Waals surface area contributed by atoms with E-state index >= 15 is 0 Å². The molecule has 2 aromatic carbocycles. The van der Waals surface area contributed by atoms with Crippen molar-refractivity contribution in [1.29, 1.82) is 0 Å². The number of carbonyl (C=O) groups is 1. The molecule has 6 heteroatoms. The van der Waals surface area contributed by atoms with Gasteiger partial charge in [0.15, 0.2) is 11.5 Å². The van der Waals surface area contributed by atoms with Crippen LogP contribution in [0.3, 0.4) is 0 Å². The third-order valence-electron chi connectivity index (χ3n) is 4.12. The molecule has 0 fully saturated rings. The number of nitrogens with one attached hydrogen (secondary N) is 1. The Labute approximate surface area is 156 Å². The van der Waals surface area contributed by atoms with Crippen molar-refractivity contribution in [3.8, 4) is 22.8 Å². The first-order valence-corrected chi connectivity index (χ1v) is 8.90. The van der Waals surface area contributed by atoms with Crippen LogP contribution >= 0.6 is 0 Å². The van der Waals surface area contributed by atoms with Gasteiger partial charge < -0.3 is 9.73 Å². The number of oxazole rings is 1. The van der Waals surface area contributed by atoms with Crippen LogP contribution in [-0.4, -0.2) is 17.4 Å². The van der Waals surface area contributed by atoms with Gasteiger partial charge in [0.1, 0.15) is 17.2 Å². The number of rotatable bonds is 7. The van der Waals surface area contributed by atoms with Crippen molar-refractivity contribution in [2.24, 2.45) is 0 Å². The number of hydrogen-bond acceptors (Lipinski definition) is 3. The number of benzene rings is 2. The van der Waals surface area contributed by atoms with Gasteiger partial charge >= 0.3 is 0 Å². The lowest BCUT2D eigenvalue weighted by molar-refractivity contribution is 0.0949. The van der Waals surface area contributed by atoms with Crippen LogP contribution in [0.4, 0.5) is 8.78 Å². The van der Waals surface area contributed by atoms with Crippen LogP contribution in [-0.2, 0) is 0 Å². The van der Waals surface area contributed by atoms with Crippen LogP contribution in [0.5, 0.6) is 0 Å². The number of nitrogens with zero attached hydrogens (tertiary/aromatic N) is 1. The van der Waals surface area contributed by atoms with E-state index in [0.29, 0.717) is 12.1 Å². The molecule has 3 rings (SSSR count). The van der Waals surface area contributed by atoms with Crippen molar-refractivity contribution >= 4 is 5.91 Å². The predicted octanol–water partition coefficient (Wildman–Crippen LogP) is 5.21. The second kappa shape index (κ2) is 8.58. The third-order valence-corrected chi connectivity index (χ3v) is 4.12. The molecular weight excluding hydrogens is 350 g/mol. The summed E-state index contributed by atoms with van der Waals surface area (Å²) >= 11 is 0. The first kappa shape index (κ1) is 18.8. The van der Waals surface area contributed by atoms with Gasteiger partial charge in [-0.25, -0.2) is 13.8 Å². The van der Waals surface area contributed by atoms with E-state index < -0.39 is 17.5 Å². The Hall–Kier alpha value is -3.02. The molecule has 1 aromatic heterocycles. The molecular formula is C21H20F2N2O2. The molecule has 0 atom stereocenters. The lowest BCUT2D eigenvalue weighted by atomic mass is 10.1. The Bertz CT molecular complexity index is 903. The average molecular weight is 370 g/mol. The number of carbonyl (C=O) groups excluding carboxylic acids is 1. The van der Waals surface area contributed by atoms with Crippen molar-refractivity contribution in [2.45, 2.75) is 26.2 Å². The Kier molecular flexibility index (Phi) is 5.96. The first-order chi connectivity index (χ1) is 13.1. The number of unbranched alkanes of at least 4 members (excludes halogenated alkanes) is 2. The van der Waals surface area contributed by atoms with Gasteiger partial charge in [-0.15, -0.1) is 0 Å². The molecule has 3 aromatic rings. The van der Waals surface area contributed by atoms with Crippen LogP contribution in [0.15, 0.2) is 52.9 Å². The molecule has 140 valence electrons. The Morgan fingerprint density at radius 2 is 1.74 bits per heavy atom. The largest absolute Gasteiger partial charge is 0.435 e. The van der Waals surface area contributed by atoms with Crippen molar-refractivity contribution in [1.82, 2.24) is 10.3 Å². The van der Waals surface area contributed by atoms with E-state index in [1.165, 1.54) is 6.07 Å². The maximum Gasteiger partial charge on any atom is 0.273 e. The van der Waals surface area contributed by atoms with Crippen molar-refractivity contribution < 1.29 is 18.0 Å². The smallest absolute Gasteiger partial charge is 0.273 e. The highest BCUT2D eigenvalue weighted by molar-refractivity contribution is 5.98. The molecule has 1 heterocycles. The molecule has 0 spiro atoms. The van der Waals surface area contributed by atoms with Crippen molar-refractivity contribution in [3.63, 3.8) is 0 Å². The molecule has 0 saturated carbocycles. The second-order valence-electron chi connectivity index (χ2n) is 6.12. The van der Waals surface area contributed by atoms with Gasteiger partial charge in [-0.1, -0.05) is 56.2 Å². The Balaban J connectivity index is 2.01. The maximum absolute atomic E-state index is 14.1. The average Bonchev–Trinajstić information content (AvgIpc) is 3.11. The van der Waals surface area contributed by atoms with E-state index in [9.17, 15) is 13.6 Å². The fourth-order valence-electron chi connectivity index (χ4n) is 2.73. The summed E-state index contributed by atoms with van der Waals surface area (Å²) in [6.07, 6.45) is 2.87. The number of aromatic nitrogens is 1. The summed E-state index contributed by atoms with van der Waals surface area (Å²) in [5.41, 5.74) is 0.224. The third kappa shape index (κ3) is 4.22. The zero-order valence-corrected chi connectivity index (χ0v) is 15.0. The molecule has 0 aliphatic heterocycles. The minimum absolute atomic E-state index is 0.00958. The molecule has 1 N–H and O–H groups in total. The van der Waals surface area contributed by atoms with Crippen LogP contribution in [0.25, 0.3) is 22.8 Å². The highest BCUT2D eigenvalue weighted by atomic mass is 19.1.